The van der Waals surface area contributed by atoms with Crippen LogP contribution in [0.3, 0.4) is 0 Å². The number of nitrogens with one attached hydrogen (secondary N) is 1. The van der Waals surface area contributed by atoms with Gasteiger partial charge in [-0.2, -0.15) is 0 Å². The number of amides is 1. The number of aliphatic hydroxyl groups is 1. The van der Waals surface area contributed by atoms with Crippen molar-refractivity contribution in [1.29, 1.82) is 0 Å². The number of aliphatic hydroxyl groups excluding tert-OH is 1. The molecule has 1 aliphatic rings. The highest BCUT2D eigenvalue weighted by Crippen LogP contribution is 2.41. The Morgan fingerprint density at radius 3 is 2.50 bits per heavy atom. The van der Waals surface area contributed by atoms with Gasteiger partial charge in [-0.3, -0.25) is 9.59 Å². The van der Waals surface area contributed by atoms with Crippen LogP contribution in [0.15, 0.2) is 72.4 Å². The van der Waals surface area contributed by atoms with E-state index in [0.29, 0.717) is 11.4 Å². The molecule has 0 aliphatic carbocycles. The fourth-order valence-corrected chi connectivity index (χ4v) is 5.45. The third kappa shape index (κ3) is 4.66. The summed E-state index contributed by atoms with van der Waals surface area (Å²) in [7, 11) is 1.61. The Morgan fingerprint density at radius 1 is 1.05 bits per heavy atom. The summed E-state index contributed by atoms with van der Waals surface area (Å²) in [5, 5.41) is 12.9. The van der Waals surface area contributed by atoms with Crippen LogP contribution in [0.5, 0.6) is 5.75 Å². The molecule has 0 radical (unpaired) electrons. The molecule has 4 aromatic rings. The summed E-state index contributed by atoms with van der Waals surface area (Å²) in [6, 6.07) is 17.3. The molecular formula is C30H26Cl2N2O4. The number of ketones is 1. The predicted octanol–water partition coefficient (Wildman–Crippen LogP) is 6.71. The van der Waals surface area contributed by atoms with Crippen LogP contribution in [0.4, 0.5) is 0 Å². The number of likely N-dealkylation sites (tertiary alicyclic amines) is 1. The Hall–Kier alpha value is -3.74. The van der Waals surface area contributed by atoms with E-state index in [1.807, 2.05) is 48.7 Å². The topological polar surface area (TPSA) is 82.6 Å². The highest BCUT2D eigenvalue weighted by molar-refractivity contribution is 6.47. The van der Waals surface area contributed by atoms with E-state index in [2.05, 4.69) is 11.9 Å². The third-order valence-electron chi connectivity index (χ3n) is 7.03. The van der Waals surface area contributed by atoms with E-state index in [4.69, 9.17) is 27.9 Å². The smallest absolute Gasteiger partial charge is 0.295 e. The summed E-state index contributed by atoms with van der Waals surface area (Å²) < 4.78 is 5.37. The lowest BCUT2D eigenvalue weighted by Crippen LogP contribution is -2.31. The monoisotopic (exact) mass is 548 g/mol. The summed E-state index contributed by atoms with van der Waals surface area (Å²) in [5.41, 5.74) is 4.04. The minimum absolute atomic E-state index is 0.00377. The quantitative estimate of drug-likeness (QED) is 0.153. The van der Waals surface area contributed by atoms with E-state index >= 15 is 0 Å². The van der Waals surface area contributed by atoms with E-state index < -0.39 is 17.7 Å². The van der Waals surface area contributed by atoms with Gasteiger partial charge in [-0.15, -0.1) is 0 Å². The minimum atomic E-state index is -0.771. The van der Waals surface area contributed by atoms with Crippen molar-refractivity contribution < 1.29 is 19.4 Å². The van der Waals surface area contributed by atoms with Crippen LogP contribution in [0.25, 0.3) is 16.7 Å². The number of rotatable bonds is 7. The van der Waals surface area contributed by atoms with Gasteiger partial charge in [0.2, 0.25) is 0 Å². The van der Waals surface area contributed by atoms with E-state index in [1.54, 1.807) is 19.2 Å². The number of hydrogen-bond donors (Lipinski definition) is 2. The molecule has 194 valence electrons. The van der Waals surface area contributed by atoms with Crippen LogP contribution in [-0.2, 0) is 22.4 Å². The number of aromatic nitrogens is 1. The number of Topliss-reactive ketones (excluding diaryl/α,β-unsaturated/α-hetero) is 1. The molecule has 1 aliphatic heterocycles. The highest BCUT2D eigenvalue weighted by Gasteiger charge is 2.46. The van der Waals surface area contributed by atoms with Crippen molar-refractivity contribution in [3.63, 3.8) is 0 Å². The predicted molar refractivity (Wildman–Crippen MR) is 150 cm³/mol. The second-order valence-corrected chi connectivity index (χ2v) is 10.0. The molecule has 1 atom stereocenters. The van der Waals surface area contributed by atoms with Crippen molar-refractivity contribution in [1.82, 2.24) is 9.88 Å². The summed E-state index contributed by atoms with van der Waals surface area (Å²) >= 11 is 12.4. The zero-order valence-corrected chi connectivity index (χ0v) is 22.4. The number of H-pyrrole nitrogens is 1. The average Bonchev–Trinajstić information content (AvgIpc) is 3.44. The van der Waals surface area contributed by atoms with Gasteiger partial charge < -0.3 is 19.7 Å². The lowest BCUT2D eigenvalue weighted by atomic mass is 9.94. The van der Waals surface area contributed by atoms with Crippen LogP contribution in [-0.4, -0.2) is 40.3 Å². The lowest BCUT2D eigenvalue weighted by Gasteiger charge is -2.25. The van der Waals surface area contributed by atoms with Crippen molar-refractivity contribution in [2.24, 2.45) is 0 Å². The summed E-state index contributed by atoms with van der Waals surface area (Å²) in [4.78, 5) is 31.5. The molecular weight excluding hydrogens is 523 g/mol. The van der Waals surface area contributed by atoms with Gasteiger partial charge in [-0.05, 0) is 65.9 Å². The van der Waals surface area contributed by atoms with Crippen molar-refractivity contribution >= 4 is 51.6 Å². The first-order valence-electron chi connectivity index (χ1n) is 12.3. The molecule has 3 aromatic carbocycles. The molecule has 38 heavy (non-hydrogen) atoms. The third-order valence-corrected chi connectivity index (χ3v) is 7.57. The van der Waals surface area contributed by atoms with Crippen molar-refractivity contribution in [2.45, 2.75) is 25.8 Å². The molecule has 8 heteroatoms. The Balaban J connectivity index is 1.57. The standard InChI is InChI=1S/C30H26Cl2N2O4/c1-3-17-4-6-18(7-5-17)27-26(28(35)22-10-8-20(31)14-24(22)32)29(36)30(37)34(27)13-12-19-16-33-25-11-9-21(38-2)15-23(19)25/h4-11,14-16,27,33,35H,3,12-13H2,1-2H3/t27-/m1/s1. The number of hydrogen-bond acceptors (Lipinski definition) is 4. The number of halogens is 2. The number of benzene rings is 3. The zero-order chi connectivity index (χ0) is 27.0. The summed E-state index contributed by atoms with van der Waals surface area (Å²) in [5.74, 6) is -1.01. The first kappa shape index (κ1) is 25.9. The molecule has 1 aromatic heterocycles. The molecule has 2 heterocycles. The van der Waals surface area contributed by atoms with Crippen molar-refractivity contribution in [3.05, 3.63) is 105 Å². The van der Waals surface area contributed by atoms with Gasteiger partial charge in [-0.25, -0.2) is 0 Å². The first-order chi connectivity index (χ1) is 18.3. The molecule has 5 rings (SSSR count). The summed E-state index contributed by atoms with van der Waals surface area (Å²) in [6.07, 6.45) is 3.25. The SMILES string of the molecule is CCc1ccc([C@@H]2C(=C(O)c3ccc(Cl)cc3Cl)C(=O)C(=O)N2CCc2c[nH]c3ccc(OC)cc23)cc1. The second-order valence-electron chi connectivity index (χ2n) is 9.19. The Kier molecular flexibility index (Phi) is 7.19. The van der Waals surface area contributed by atoms with Crippen molar-refractivity contribution in [3.8, 4) is 5.75 Å². The van der Waals surface area contributed by atoms with Crippen LogP contribution in [0.1, 0.15) is 35.2 Å². The number of fused-ring (bicyclic) bond motifs is 1. The minimum Gasteiger partial charge on any atom is -0.507 e. The molecule has 0 unspecified atom stereocenters. The van der Waals surface area contributed by atoms with E-state index in [9.17, 15) is 14.7 Å². The largest absolute Gasteiger partial charge is 0.507 e. The number of carbonyl (C=O) groups is 2. The maximum absolute atomic E-state index is 13.4. The number of carbonyl (C=O) groups excluding carboxylic acids is 2. The Morgan fingerprint density at radius 2 is 1.82 bits per heavy atom. The van der Waals surface area contributed by atoms with Gasteiger partial charge in [-0.1, -0.05) is 54.4 Å². The van der Waals surface area contributed by atoms with Crippen molar-refractivity contribution in [2.75, 3.05) is 13.7 Å². The fourth-order valence-electron chi connectivity index (χ4n) is 4.95. The maximum atomic E-state index is 13.4. The highest BCUT2D eigenvalue weighted by atomic mass is 35.5. The van der Waals surface area contributed by atoms with Gasteiger partial charge >= 0.3 is 0 Å². The zero-order valence-electron chi connectivity index (χ0n) is 20.9. The maximum Gasteiger partial charge on any atom is 0.295 e. The molecule has 1 amide bonds. The molecule has 0 bridgehead atoms. The summed E-state index contributed by atoms with van der Waals surface area (Å²) in [6.45, 7) is 2.32. The average molecular weight is 549 g/mol. The number of ether oxygens (including phenoxy) is 1. The molecule has 1 fully saturated rings. The van der Waals surface area contributed by atoms with Crippen LogP contribution >= 0.6 is 23.2 Å². The fraction of sp³-hybridized carbons (Fsp3) is 0.200. The van der Waals surface area contributed by atoms with E-state index in [0.717, 1.165) is 39.8 Å². The van der Waals surface area contributed by atoms with Gasteiger partial charge in [0.05, 0.1) is 23.7 Å². The molecule has 0 saturated carbocycles. The molecule has 2 N–H and O–H groups in total. The van der Waals surface area contributed by atoms with Gasteiger partial charge in [0.25, 0.3) is 11.7 Å². The Bertz CT molecular complexity index is 1570. The second kappa shape index (κ2) is 10.6. The van der Waals surface area contributed by atoms with Crippen LogP contribution in [0, 0.1) is 0 Å². The van der Waals surface area contributed by atoms with E-state index in [1.165, 1.54) is 11.0 Å². The number of aryl methyl sites for hydroxylation is 1. The molecule has 0 spiro atoms. The number of nitrogens with zero attached hydrogens (tertiary/aromatic N) is 1. The van der Waals surface area contributed by atoms with Gasteiger partial charge in [0, 0.05) is 34.2 Å². The van der Waals surface area contributed by atoms with Crippen LogP contribution in [0.2, 0.25) is 10.0 Å². The van der Waals surface area contributed by atoms with Gasteiger partial charge in [0.1, 0.15) is 11.5 Å². The number of aromatic amines is 1. The normalized spacial score (nSPS) is 16.9. The number of methoxy groups -OCH3 is 1. The van der Waals surface area contributed by atoms with Crippen LogP contribution < -0.4 is 4.74 Å². The molecule has 1 saturated heterocycles. The Labute approximate surface area is 230 Å². The van der Waals surface area contributed by atoms with E-state index in [-0.39, 0.29) is 28.5 Å². The first-order valence-corrected chi connectivity index (χ1v) is 13.0. The van der Waals surface area contributed by atoms with Gasteiger partial charge in [0.15, 0.2) is 0 Å². The molecule has 6 nitrogen and oxygen atoms in total. The lowest BCUT2D eigenvalue weighted by molar-refractivity contribution is -0.139.